The molecule has 0 amide bonds. The molecule has 19 heavy (non-hydrogen) atoms. The van der Waals surface area contributed by atoms with Crippen molar-refractivity contribution in [1.29, 1.82) is 0 Å². The normalized spacial score (nSPS) is 15.4. The summed E-state index contributed by atoms with van der Waals surface area (Å²) in [6, 6.07) is 8.09. The number of allylic oxidation sites excluding steroid dienone is 1. The first-order chi connectivity index (χ1) is 9.22. The molecule has 1 aliphatic carbocycles. The van der Waals surface area contributed by atoms with Crippen LogP contribution in [-0.2, 0) is 6.54 Å². The average Bonchev–Trinajstić information content (AvgIpc) is 3.22. The fraction of sp³-hybridized carbons (Fsp3) is 0.438. The van der Waals surface area contributed by atoms with Gasteiger partial charge in [0.2, 0.25) is 0 Å². The van der Waals surface area contributed by atoms with Crippen LogP contribution in [0.3, 0.4) is 0 Å². The van der Waals surface area contributed by atoms with Gasteiger partial charge in [0.05, 0.1) is 0 Å². The van der Waals surface area contributed by atoms with Gasteiger partial charge in [0, 0.05) is 30.0 Å². The topological polar surface area (TPSA) is 15.6 Å². The van der Waals surface area contributed by atoms with Crippen molar-refractivity contribution in [3.63, 3.8) is 0 Å². The molecule has 1 saturated carbocycles. The minimum absolute atomic E-state index is 0.788. The summed E-state index contributed by atoms with van der Waals surface area (Å²) in [6.45, 7) is 7.78. The Morgan fingerprint density at radius 1 is 1.42 bits per heavy atom. The van der Waals surface area contributed by atoms with E-state index in [1.807, 2.05) is 18.3 Å². The van der Waals surface area contributed by atoms with Crippen LogP contribution in [0.1, 0.15) is 31.7 Å². The zero-order valence-corrected chi connectivity index (χ0v) is 12.2. The van der Waals surface area contributed by atoms with Gasteiger partial charge in [-0.2, -0.15) is 0 Å². The highest BCUT2D eigenvalue weighted by atomic mass is 35.5. The summed E-state index contributed by atoms with van der Waals surface area (Å²) in [4.78, 5) is 6.36. The van der Waals surface area contributed by atoms with Crippen molar-refractivity contribution in [2.75, 3.05) is 6.54 Å². The summed E-state index contributed by atoms with van der Waals surface area (Å²) in [5.41, 5.74) is 2.55. The molecule has 2 nitrogen and oxygen atoms in total. The van der Waals surface area contributed by atoms with E-state index in [0.717, 1.165) is 30.5 Å². The molecule has 102 valence electrons. The molecule has 0 N–H and O–H groups in total. The second-order valence-electron chi connectivity index (χ2n) is 5.11. The monoisotopic (exact) mass is 276 g/mol. The number of nitrogens with zero attached hydrogens (tertiary/aromatic N) is 2. The molecule has 2 rings (SSSR count). The van der Waals surface area contributed by atoms with E-state index in [2.05, 4.69) is 35.7 Å². The van der Waals surface area contributed by atoms with Crippen LogP contribution in [-0.4, -0.2) is 18.2 Å². The second-order valence-corrected chi connectivity index (χ2v) is 5.54. The maximum atomic E-state index is 5.93. The molecule has 0 radical (unpaired) electrons. The minimum atomic E-state index is 0.788. The fourth-order valence-corrected chi connectivity index (χ4v) is 2.33. The lowest BCUT2D eigenvalue weighted by Gasteiger charge is -2.27. The van der Waals surface area contributed by atoms with Crippen molar-refractivity contribution in [1.82, 2.24) is 4.90 Å². The molecular weight excluding hydrogens is 256 g/mol. The van der Waals surface area contributed by atoms with Crippen LogP contribution >= 0.6 is 11.6 Å². The van der Waals surface area contributed by atoms with Crippen molar-refractivity contribution in [2.24, 2.45) is 10.9 Å². The third kappa shape index (κ3) is 4.39. The maximum Gasteiger partial charge on any atom is 0.0452 e. The zero-order valence-electron chi connectivity index (χ0n) is 11.5. The Labute approximate surface area is 120 Å². The number of aliphatic imine (C=N–C) groups is 1. The van der Waals surface area contributed by atoms with Crippen LogP contribution < -0.4 is 0 Å². The summed E-state index contributed by atoms with van der Waals surface area (Å²) in [6.07, 6.45) is 5.59. The first-order valence-corrected chi connectivity index (χ1v) is 7.25. The lowest BCUT2D eigenvalue weighted by atomic mass is 10.2. The number of halogens is 1. The summed E-state index contributed by atoms with van der Waals surface area (Å²) >= 11 is 5.93. The Kier molecular flexibility index (Phi) is 5.03. The van der Waals surface area contributed by atoms with Crippen molar-refractivity contribution in [3.8, 4) is 0 Å². The van der Waals surface area contributed by atoms with Crippen LogP contribution in [0.4, 0.5) is 0 Å². The standard InChI is InChI=1S/C16H21ClN2/c1-3-16(10-18-2)19(11-13-4-5-13)12-14-6-8-15(17)9-7-14/h6-10,13H,2-5,11-12H2,1H3/b16-10+. The zero-order chi connectivity index (χ0) is 13.7. The second kappa shape index (κ2) is 6.76. The molecule has 1 aliphatic rings. The van der Waals surface area contributed by atoms with Crippen LogP contribution in [0, 0.1) is 5.92 Å². The van der Waals surface area contributed by atoms with Crippen molar-refractivity contribution < 1.29 is 0 Å². The predicted octanol–water partition coefficient (Wildman–Crippen LogP) is 4.50. The highest BCUT2D eigenvalue weighted by molar-refractivity contribution is 6.30. The molecule has 1 fully saturated rings. The Hall–Kier alpha value is -1.28. The Morgan fingerprint density at radius 3 is 2.63 bits per heavy atom. The number of hydrogen-bond acceptors (Lipinski definition) is 2. The maximum absolute atomic E-state index is 5.93. The van der Waals surface area contributed by atoms with Crippen molar-refractivity contribution in [2.45, 2.75) is 32.7 Å². The van der Waals surface area contributed by atoms with E-state index < -0.39 is 0 Å². The van der Waals surface area contributed by atoms with Crippen LogP contribution in [0.5, 0.6) is 0 Å². The predicted molar refractivity (Wildman–Crippen MR) is 82.5 cm³/mol. The molecule has 0 spiro atoms. The first-order valence-electron chi connectivity index (χ1n) is 6.87. The van der Waals surface area contributed by atoms with E-state index in [-0.39, 0.29) is 0 Å². The Balaban J connectivity index is 2.09. The fourth-order valence-electron chi connectivity index (χ4n) is 2.21. The van der Waals surface area contributed by atoms with Gasteiger partial charge in [0.25, 0.3) is 0 Å². The molecule has 0 aliphatic heterocycles. The van der Waals surface area contributed by atoms with E-state index in [9.17, 15) is 0 Å². The Morgan fingerprint density at radius 2 is 2.11 bits per heavy atom. The van der Waals surface area contributed by atoms with Gasteiger partial charge in [-0.1, -0.05) is 30.7 Å². The van der Waals surface area contributed by atoms with Gasteiger partial charge in [-0.25, -0.2) is 0 Å². The number of hydrogen-bond donors (Lipinski definition) is 0. The van der Waals surface area contributed by atoms with Gasteiger partial charge < -0.3 is 4.90 Å². The van der Waals surface area contributed by atoms with Crippen molar-refractivity contribution >= 4 is 18.3 Å². The summed E-state index contributed by atoms with van der Waals surface area (Å²) in [5.74, 6) is 0.854. The molecule has 1 aromatic carbocycles. The average molecular weight is 277 g/mol. The molecule has 3 heteroatoms. The van der Waals surface area contributed by atoms with Gasteiger partial charge in [-0.3, -0.25) is 4.99 Å². The van der Waals surface area contributed by atoms with E-state index in [1.54, 1.807) is 0 Å². The third-order valence-electron chi connectivity index (χ3n) is 3.47. The largest absolute Gasteiger partial charge is 0.369 e. The van der Waals surface area contributed by atoms with Crippen LogP contribution in [0.15, 0.2) is 41.2 Å². The summed E-state index contributed by atoms with van der Waals surface area (Å²) in [5, 5.41) is 0.788. The quantitative estimate of drug-likeness (QED) is 0.669. The number of rotatable bonds is 7. The molecule has 1 aromatic rings. The van der Waals surface area contributed by atoms with Crippen LogP contribution in [0.2, 0.25) is 5.02 Å². The molecule has 0 heterocycles. The van der Waals surface area contributed by atoms with Gasteiger partial charge in [0.15, 0.2) is 0 Å². The smallest absolute Gasteiger partial charge is 0.0452 e. The summed E-state index contributed by atoms with van der Waals surface area (Å²) in [7, 11) is 0. The first kappa shape index (κ1) is 14.1. The van der Waals surface area contributed by atoms with E-state index >= 15 is 0 Å². The highest BCUT2D eigenvalue weighted by Crippen LogP contribution is 2.32. The molecule has 0 atom stereocenters. The van der Waals surface area contributed by atoms with Gasteiger partial charge in [-0.15, -0.1) is 0 Å². The lowest BCUT2D eigenvalue weighted by molar-refractivity contribution is 0.313. The third-order valence-corrected chi connectivity index (χ3v) is 3.72. The SMILES string of the molecule is C=N/C=C(\CC)N(Cc1ccc(Cl)cc1)CC1CC1. The molecule has 0 saturated heterocycles. The van der Waals surface area contributed by atoms with Crippen LogP contribution in [0.25, 0.3) is 0 Å². The Bertz CT molecular complexity index is 446. The number of benzene rings is 1. The summed E-state index contributed by atoms with van der Waals surface area (Å²) < 4.78 is 0. The van der Waals surface area contributed by atoms with Gasteiger partial charge in [0.1, 0.15) is 0 Å². The molecule has 0 unspecified atom stereocenters. The minimum Gasteiger partial charge on any atom is -0.369 e. The molecular formula is C16H21ClN2. The van der Waals surface area contributed by atoms with E-state index in [1.165, 1.54) is 24.1 Å². The van der Waals surface area contributed by atoms with Crippen molar-refractivity contribution in [3.05, 3.63) is 46.7 Å². The highest BCUT2D eigenvalue weighted by Gasteiger charge is 2.25. The molecule has 0 bridgehead atoms. The molecule has 0 aromatic heterocycles. The van der Waals surface area contributed by atoms with Gasteiger partial charge in [-0.05, 0) is 49.6 Å². The van der Waals surface area contributed by atoms with Gasteiger partial charge >= 0.3 is 0 Å². The van der Waals surface area contributed by atoms with E-state index in [4.69, 9.17) is 11.6 Å². The van der Waals surface area contributed by atoms with E-state index in [0.29, 0.717) is 0 Å². The lowest BCUT2D eigenvalue weighted by Crippen LogP contribution is -2.24.